The van der Waals surface area contributed by atoms with E-state index in [0.717, 1.165) is 18.5 Å². The number of carbonyl (C=O) groups excluding carboxylic acids is 1. The molecule has 1 aromatic heterocycles. The molecule has 1 aromatic carbocycles. The second-order valence-electron chi connectivity index (χ2n) is 6.39. The standard InChI is InChI=1S/C18H20N4O4/c23-17-11-16(13-4-1-2-5-13)20-12-21(17)9-8-19-18(24)14-6-3-7-15(10-14)22(25)26/h3,6-7,10-13H,1-2,4-5,8-9H2,(H,19,24). The molecule has 0 unspecified atom stereocenters. The number of hydrogen-bond donors (Lipinski definition) is 1. The van der Waals surface area contributed by atoms with Gasteiger partial charge in [0.15, 0.2) is 0 Å². The van der Waals surface area contributed by atoms with E-state index in [9.17, 15) is 19.7 Å². The number of carbonyl (C=O) groups is 1. The molecule has 1 amide bonds. The fraction of sp³-hybridized carbons (Fsp3) is 0.389. The maximum atomic E-state index is 12.2. The summed E-state index contributed by atoms with van der Waals surface area (Å²) in [6.45, 7) is 0.517. The van der Waals surface area contributed by atoms with Crippen LogP contribution in [-0.4, -0.2) is 26.9 Å². The molecule has 26 heavy (non-hydrogen) atoms. The van der Waals surface area contributed by atoms with E-state index in [1.165, 1.54) is 48.0 Å². The van der Waals surface area contributed by atoms with Crippen LogP contribution in [0.15, 0.2) is 41.5 Å². The van der Waals surface area contributed by atoms with Crippen molar-refractivity contribution in [1.82, 2.24) is 14.9 Å². The highest BCUT2D eigenvalue weighted by molar-refractivity contribution is 5.94. The predicted molar refractivity (Wildman–Crippen MR) is 95.1 cm³/mol. The molecule has 0 saturated heterocycles. The lowest BCUT2D eigenvalue weighted by molar-refractivity contribution is -0.384. The van der Waals surface area contributed by atoms with Crippen molar-refractivity contribution in [1.29, 1.82) is 0 Å². The summed E-state index contributed by atoms with van der Waals surface area (Å²) >= 11 is 0. The van der Waals surface area contributed by atoms with Crippen molar-refractivity contribution in [3.05, 3.63) is 68.4 Å². The van der Waals surface area contributed by atoms with Gasteiger partial charge in [0.05, 0.1) is 16.9 Å². The van der Waals surface area contributed by atoms with Crippen molar-refractivity contribution in [2.45, 2.75) is 38.1 Å². The van der Waals surface area contributed by atoms with E-state index in [1.807, 2.05) is 0 Å². The first-order chi connectivity index (χ1) is 12.5. The Morgan fingerprint density at radius 3 is 2.77 bits per heavy atom. The van der Waals surface area contributed by atoms with Crippen LogP contribution < -0.4 is 10.9 Å². The second kappa shape index (κ2) is 7.90. The summed E-state index contributed by atoms with van der Waals surface area (Å²) in [6.07, 6.45) is 6.04. The molecule has 0 aliphatic heterocycles. The highest BCUT2D eigenvalue weighted by Crippen LogP contribution is 2.32. The number of nitro groups is 1. The van der Waals surface area contributed by atoms with Gasteiger partial charge in [0, 0.05) is 42.8 Å². The van der Waals surface area contributed by atoms with E-state index in [-0.39, 0.29) is 29.9 Å². The normalized spacial score (nSPS) is 14.3. The summed E-state index contributed by atoms with van der Waals surface area (Å²) in [5.41, 5.74) is 0.790. The smallest absolute Gasteiger partial charge is 0.270 e. The summed E-state index contributed by atoms with van der Waals surface area (Å²) < 4.78 is 1.45. The van der Waals surface area contributed by atoms with Gasteiger partial charge in [-0.15, -0.1) is 0 Å². The molecular weight excluding hydrogens is 336 g/mol. The molecule has 8 heteroatoms. The number of rotatable bonds is 6. The molecule has 0 spiro atoms. The Hall–Kier alpha value is -3.03. The van der Waals surface area contributed by atoms with Crippen LogP contribution in [0.4, 0.5) is 5.69 Å². The van der Waals surface area contributed by atoms with E-state index in [4.69, 9.17) is 0 Å². The number of non-ortho nitro benzene ring substituents is 1. The Kier molecular flexibility index (Phi) is 5.40. The van der Waals surface area contributed by atoms with Crippen molar-refractivity contribution in [3.8, 4) is 0 Å². The molecule has 1 heterocycles. The number of aromatic nitrogens is 2. The average molecular weight is 356 g/mol. The Bertz CT molecular complexity index is 871. The summed E-state index contributed by atoms with van der Waals surface area (Å²) in [5, 5.41) is 13.4. The predicted octanol–water partition coefficient (Wildman–Crippen LogP) is 2.24. The lowest BCUT2D eigenvalue weighted by atomic mass is 10.0. The Balaban J connectivity index is 1.57. The lowest BCUT2D eigenvalue weighted by Crippen LogP contribution is -2.31. The topological polar surface area (TPSA) is 107 Å². The molecule has 1 aliphatic rings. The number of benzene rings is 1. The number of nitrogens with zero attached hydrogens (tertiary/aromatic N) is 3. The van der Waals surface area contributed by atoms with Crippen LogP contribution >= 0.6 is 0 Å². The van der Waals surface area contributed by atoms with Crippen molar-refractivity contribution in [3.63, 3.8) is 0 Å². The fourth-order valence-electron chi connectivity index (χ4n) is 3.21. The van der Waals surface area contributed by atoms with E-state index in [0.29, 0.717) is 5.92 Å². The third-order valence-electron chi connectivity index (χ3n) is 4.63. The van der Waals surface area contributed by atoms with Gasteiger partial charge in [-0.2, -0.15) is 0 Å². The zero-order chi connectivity index (χ0) is 18.5. The molecule has 1 aliphatic carbocycles. The monoisotopic (exact) mass is 356 g/mol. The highest BCUT2D eigenvalue weighted by atomic mass is 16.6. The molecule has 1 saturated carbocycles. The molecule has 136 valence electrons. The van der Waals surface area contributed by atoms with Crippen molar-refractivity contribution in [2.24, 2.45) is 0 Å². The number of amides is 1. The van der Waals surface area contributed by atoms with E-state index in [1.54, 1.807) is 6.07 Å². The Labute approximate surface area is 150 Å². The van der Waals surface area contributed by atoms with Crippen molar-refractivity contribution in [2.75, 3.05) is 6.54 Å². The minimum atomic E-state index is -0.548. The molecule has 2 aromatic rings. The van der Waals surface area contributed by atoms with E-state index in [2.05, 4.69) is 10.3 Å². The zero-order valence-corrected chi connectivity index (χ0v) is 14.3. The van der Waals surface area contributed by atoms with Gasteiger partial charge >= 0.3 is 0 Å². The minimum absolute atomic E-state index is 0.133. The average Bonchev–Trinajstić information content (AvgIpc) is 3.17. The summed E-state index contributed by atoms with van der Waals surface area (Å²) in [6, 6.07) is 7.10. The van der Waals surface area contributed by atoms with Crippen LogP contribution in [0.25, 0.3) is 0 Å². The lowest BCUT2D eigenvalue weighted by Gasteiger charge is -2.11. The number of nitro benzene ring substituents is 1. The van der Waals surface area contributed by atoms with Gasteiger partial charge in [0.25, 0.3) is 17.2 Å². The highest BCUT2D eigenvalue weighted by Gasteiger charge is 2.19. The maximum absolute atomic E-state index is 12.2. The molecule has 0 bridgehead atoms. The Morgan fingerprint density at radius 1 is 1.31 bits per heavy atom. The van der Waals surface area contributed by atoms with Crippen LogP contribution in [-0.2, 0) is 6.54 Å². The van der Waals surface area contributed by atoms with Gasteiger partial charge in [-0.25, -0.2) is 4.98 Å². The van der Waals surface area contributed by atoms with Crippen LogP contribution in [0.5, 0.6) is 0 Å². The summed E-state index contributed by atoms with van der Waals surface area (Å²) in [7, 11) is 0. The first-order valence-electron chi connectivity index (χ1n) is 8.63. The molecule has 0 radical (unpaired) electrons. The third kappa shape index (κ3) is 4.14. The maximum Gasteiger partial charge on any atom is 0.270 e. The number of hydrogen-bond acceptors (Lipinski definition) is 5. The van der Waals surface area contributed by atoms with E-state index >= 15 is 0 Å². The third-order valence-corrected chi connectivity index (χ3v) is 4.63. The molecular formula is C18H20N4O4. The largest absolute Gasteiger partial charge is 0.350 e. The van der Waals surface area contributed by atoms with Crippen LogP contribution in [0, 0.1) is 10.1 Å². The van der Waals surface area contributed by atoms with E-state index < -0.39 is 10.8 Å². The van der Waals surface area contributed by atoms with Crippen molar-refractivity contribution < 1.29 is 9.72 Å². The van der Waals surface area contributed by atoms with Gasteiger partial charge in [-0.1, -0.05) is 18.9 Å². The fourth-order valence-corrected chi connectivity index (χ4v) is 3.21. The first-order valence-corrected chi connectivity index (χ1v) is 8.63. The first kappa shape index (κ1) is 17.8. The van der Waals surface area contributed by atoms with Gasteiger partial charge in [-0.05, 0) is 18.9 Å². The van der Waals surface area contributed by atoms with Gasteiger partial charge < -0.3 is 5.32 Å². The SMILES string of the molecule is O=C(NCCn1cnc(C2CCCC2)cc1=O)c1cccc([N+](=O)[O-])c1. The van der Waals surface area contributed by atoms with Crippen LogP contribution in [0.2, 0.25) is 0 Å². The second-order valence-corrected chi connectivity index (χ2v) is 6.39. The zero-order valence-electron chi connectivity index (χ0n) is 14.3. The van der Waals surface area contributed by atoms with Crippen molar-refractivity contribution >= 4 is 11.6 Å². The quantitative estimate of drug-likeness (QED) is 0.631. The Morgan fingerprint density at radius 2 is 2.08 bits per heavy atom. The van der Waals surface area contributed by atoms with Gasteiger partial charge in [-0.3, -0.25) is 24.3 Å². The molecule has 0 atom stereocenters. The molecule has 3 rings (SSSR count). The molecule has 1 fully saturated rings. The minimum Gasteiger partial charge on any atom is -0.350 e. The van der Waals surface area contributed by atoms with Crippen LogP contribution in [0.1, 0.15) is 47.7 Å². The van der Waals surface area contributed by atoms with Crippen LogP contribution in [0.3, 0.4) is 0 Å². The van der Waals surface area contributed by atoms with Gasteiger partial charge in [0.1, 0.15) is 0 Å². The summed E-state index contributed by atoms with van der Waals surface area (Å²) in [4.78, 5) is 38.9. The number of nitrogens with one attached hydrogen (secondary N) is 1. The van der Waals surface area contributed by atoms with Gasteiger partial charge in [0.2, 0.25) is 0 Å². The molecule has 8 nitrogen and oxygen atoms in total. The molecule has 1 N–H and O–H groups in total. The summed E-state index contributed by atoms with van der Waals surface area (Å²) in [5.74, 6) is -0.0387.